The zero-order valence-corrected chi connectivity index (χ0v) is 21.0. The summed E-state index contributed by atoms with van der Waals surface area (Å²) in [5.74, 6) is 0.0306. The van der Waals surface area contributed by atoms with Crippen molar-refractivity contribution in [3.63, 3.8) is 0 Å². The summed E-state index contributed by atoms with van der Waals surface area (Å²) in [5.41, 5.74) is 3.16. The number of carbonyl (C=O) groups excluding carboxylic acids is 2. The molecule has 0 saturated carbocycles. The van der Waals surface area contributed by atoms with Crippen LogP contribution in [0.4, 0.5) is 0 Å². The Labute approximate surface area is 213 Å². The van der Waals surface area contributed by atoms with Gasteiger partial charge in [0.15, 0.2) is 6.10 Å². The van der Waals surface area contributed by atoms with Crippen molar-refractivity contribution in [2.45, 2.75) is 13.0 Å². The Morgan fingerprint density at radius 3 is 2.50 bits per heavy atom. The summed E-state index contributed by atoms with van der Waals surface area (Å²) in [7, 11) is 0. The molecule has 0 aliphatic rings. The molecule has 34 heavy (non-hydrogen) atoms. The minimum atomic E-state index is -0.738. The molecule has 0 unspecified atom stereocenters. The van der Waals surface area contributed by atoms with Gasteiger partial charge in [0.1, 0.15) is 16.4 Å². The molecule has 4 rings (SSSR count). The van der Waals surface area contributed by atoms with E-state index in [9.17, 15) is 9.59 Å². The van der Waals surface area contributed by atoms with Gasteiger partial charge >= 0.3 is 5.97 Å². The number of carbonyl (C=O) groups is 2. The fourth-order valence-corrected chi connectivity index (χ4v) is 4.73. The maximum atomic E-state index is 12.6. The van der Waals surface area contributed by atoms with E-state index in [-0.39, 0.29) is 0 Å². The van der Waals surface area contributed by atoms with E-state index in [0.29, 0.717) is 27.0 Å². The van der Waals surface area contributed by atoms with Crippen LogP contribution in [0.3, 0.4) is 0 Å². The number of halogens is 2. The predicted octanol–water partition coefficient (Wildman–Crippen LogP) is 6.45. The number of para-hydroxylation sites is 1. The Balaban J connectivity index is 1.32. The molecular formula is C25H18BrClN2O4S. The third kappa shape index (κ3) is 5.64. The number of thiophene rings is 1. The summed E-state index contributed by atoms with van der Waals surface area (Å²) >= 11 is 11.0. The molecule has 0 saturated heterocycles. The molecular weight excluding hydrogens is 540 g/mol. The average Bonchev–Trinajstić information content (AvgIpc) is 3.18. The van der Waals surface area contributed by atoms with Crippen molar-refractivity contribution >= 4 is 67.0 Å². The number of nitrogens with one attached hydrogen (secondary N) is 1. The van der Waals surface area contributed by atoms with Gasteiger partial charge in [-0.3, -0.25) is 4.79 Å². The van der Waals surface area contributed by atoms with Gasteiger partial charge in [0.2, 0.25) is 0 Å². The van der Waals surface area contributed by atoms with E-state index in [1.807, 2.05) is 42.5 Å². The van der Waals surface area contributed by atoms with Gasteiger partial charge in [0.05, 0.1) is 15.7 Å². The molecule has 6 nitrogen and oxygen atoms in total. The van der Waals surface area contributed by atoms with Gasteiger partial charge in [-0.05, 0) is 70.9 Å². The van der Waals surface area contributed by atoms with Crippen molar-refractivity contribution in [1.29, 1.82) is 0 Å². The largest absolute Gasteiger partial charge is 0.480 e. The standard InChI is InChI=1S/C25H18BrClN2O4S/c1-15(32-20-8-4-3-7-19(20)26)24(30)29-28-14-16-10-12-17(13-11-16)33-25(31)23-22(27)18-6-2-5-9-21(18)34-23/h2-15H,1H3,(H,29,30)/b28-14-/t15-/m1/s1. The zero-order valence-electron chi connectivity index (χ0n) is 17.8. The third-order valence-corrected chi connectivity index (χ3v) is 7.02. The summed E-state index contributed by atoms with van der Waals surface area (Å²) in [6.45, 7) is 1.64. The lowest BCUT2D eigenvalue weighted by Gasteiger charge is -2.13. The minimum Gasteiger partial charge on any atom is -0.480 e. The highest BCUT2D eigenvalue weighted by molar-refractivity contribution is 9.10. The normalized spacial score (nSPS) is 12.0. The van der Waals surface area contributed by atoms with Gasteiger partial charge in [-0.1, -0.05) is 41.9 Å². The highest BCUT2D eigenvalue weighted by Gasteiger charge is 2.19. The van der Waals surface area contributed by atoms with Gasteiger partial charge in [0.25, 0.3) is 5.91 Å². The second-order valence-electron chi connectivity index (χ2n) is 7.12. The van der Waals surface area contributed by atoms with Crippen LogP contribution in [0.2, 0.25) is 5.02 Å². The molecule has 9 heteroatoms. The summed E-state index contributed by atoms with van der Waals surface area (Å²) in [5, 5.41) is 5.18. The second-order valence-corrected chi connectivity index (χ2v) is 9.41. The second kappa shape index (κ2) is 10.8. The number of amides is 1. The van der Waals surface area contributed by atoms with E-state index < -0.39 is 18.0 Å². The van der Waals surface area contributed by atoms with Crippen LogP contribution in [0.15, 0.2) is 82.4 Å². The van der Waals surface area contributed by atoms with Crippen LogP contribution in [0, 0.1) is 0 Å². The molecule has 0 bridgehead atoms. The van der Waals surface area contributed by atoms with E-state index in [1.54, 1.807) is 37.3 Å². The molecule has 0 fully saturated rings. The first-order valence-electron chi connectivity index (χ1n) is 10.2. The quantitative estimate of drug-likeness (QED) is 0.123. The highest BCUT2D eigenvalue weighted by Crippen LogP contribution is 2.35. The number of fused-ring (bicyclic) bond motifs is 1. The number of benzene rings is 3. The summed E-state index contributed by atoms with van der Waals surface area (Å²) in [6, 6.07) is 21.5. The van der Waals surface area contributed by atoms with Crippen molar-refractivity contribution in [3.8, 4) is 11.5 Å². The molecule has 0 spiro atoms. The molecule has 0 radical (unpaired) electrons. The topological polar surface area (TPSA) is 77.0 Å². The Morgan fingerprint density at radius 1 is 1.06 bits per heavy atom. The molecule has 1 aromatic heterocycles. The average molecular weight is 558 g/mol. The van der Waals surface area contributed by atoms with E-state index in [4.69, 9.17) is 21.1 Å². The monoisotopic (exact) mass is 556 g/mol. The van der Waals surface area contributed by atoms with E-state index in [0.717, 1.165) is 14.6 Å². The van der Waals surface area contributed by atoms with Gasteiger partial charge in [-0.2, -0.15) is 5.10 Å². The first-order chi connectivity index (χ1) is 16.4. The summed E-state index contributed by atoms with van der Waals surface area (Å²) in [6.07, 6.45) is 0.746. The molecule has 1 heterocycles. The van der Waals surface area contributed by atoms with Crippen LogP contribution in [0.5, 0.6) is 11.5 Å². The first kappa shape index (κ1) is 23.9. The van der Waals surface area contributed by atoms with Crippen LogP contribution in [0.1, 0.15) is 22.2 Å². The number of hydrogen-bond acceptors (Lipinski definition) is 6. The molecule has 3 aromatic carbocycles. The summed E-state index contributed by atoms with van der Waals surface area (Å²) < 4.78 is 12.8. The van der Waals surface area contributed by atoms with Crippen molar-refractivity contribution < 1.29 is 19.1 Å². The smallest absolute Gasteiger partial charge is 0.355 e. The fourth-order valence-electron chi connectivity index (χ4n) is 2.97. The van der Waals surface area contributed by atoms with Crippen molar-refractivity contribution in [1.82, 2.24) is 5.43 Å². The Bertz CT molecular complexity index is 1370. The molecule has 0 aliphatic heterocycles. The Morgan fingerprint density at radius 2 is 1.76 bits per heavy atom. The molecule has 4 aromatic rings. The van der Waals surface area contributed by atoms with Crippen LogP contribution >= 0.6 is 38.9 Å². The first-order valence-corrected chi connectivity index (χ1v) is 12.1. The zero-order chi connectivity index (χ0) is 24.1. The molecule has 0 aliphatic carbocycles. The minimum absolute atomic E-state index is 0.357. The number of esters is 1. The van der Waals surface area contributed by atoms with Crippen LogP contribution in [-0.2, 0) is 4.79 Å². The Kier molecular flexibility index (Phi) is 7.62. The van der Waals surface area contributed by atoms with Gasteiger partial charge in [0, 0.05) is 10.1 Å². The van der Waals surface area contributed by atoms with Crippen LogP contribution < -0.4 is 14.9 Å². The van der Waals surface area contributed by atoms with E-state index in [1.165, 1.54) is 17.6 Å². The number of hydrazone groups is 1. The molecule has 1 amide bonds. The number of ether oxygens (including phenoxy) is 2. The SMILES string of the molecule is C[C@@H](Oc1ccccc1Br)C(=O)N/N=C\c1ccc(OC(=O)c2sc3ccccc3c2Cl)cc1. The maximum Gasteiger partial charge on any atom is 0.355 e. The lowest BCUT2D eigenvalue weighted by molar-refractivity contribution is -0.127. The third-order valence-electron chi connectivity index (χ3n) is 4.71. The predicted molar refractivity (Wildman–Crippen MR) is 138 cm³/mol. The summed E-state index contributed by atoms with van der Waals surface area (Å²) in [4.78, 5) is 25.1. The Hall–Kier alpha value is -3.20. The van der Waals surface area contributed by atoms with E-state index >= 15 is 0 Å². The number of rotatable bonds is 7. The van der Waals surface area contributed by atoms with E-state index in [2.05, 4.69) is 26.5 Å². The van der Waals surface area contributed by atoms with Crippen molar-refractivity contribution in [2.75, 3.05) is 0 Å². The fraction of sp³-hybridized carbons (Fsp3) is 0.0800. The number of hydrogen-bond donors (Lipinski definition) is 1. The number of nitrogens with zero attached hydrogens (tertiary/aromatic N) is 1. The molecule has 1 N–H and O–H groups in total. The van der Waals surface area contributed by atoms with Gasteiger partial charge in [-0.15, -0.1) is 11.3 Å². The van der Waals surface area contributed by atoms with Crippen LogP contribution in [-0.4, -0.2) is 24.2 Å². The van der Waals surface area contributed by atoms with Crippen LogP contribution in [0.25, 0.3) is 10.1 Å². The molecule has 172 valence electrons. The lowest BCUT2D eigenvalue weighted by atomic mass is 10.2. The van der Waals surface area contributed by atoms with Gasteiger partial charge < -0.3 is 9.47 Å². The van der Waals surface area contributed by atoms with Crippen molar-refractivity contribution in [2.24, 2.45) is 5.10 Å². The van der Waals surface area contributed by atoms with Gasteiger partial charge in [-0.25, -0.2) is 10.2 Å². The highest BCUT2D eigenvalue weighted by atomic mass is 79.9. The lowest BCUT2D eigenvalue weighted by Crippen LogP contribution is -2.33. The molecule has 1 atom stereocenters. The van der Waals surface area contributed by atoms with Crippen molar-refractivity contribution in [3.05, 3.63) is 92.7 Å². The maximum absolute atomic E-state index is 12.6.